The van der Waals surface area contributed by atoms with Gasteiger partial charge in [-0.05, 0) is 6.92 Å². The molecule has 30 heavy (non-hydrogen) atoms. The lowest BCUT2D eigenvalue weighted by molar-refractivity contribution is -0.384. The molecule has 7 nitrogen and oxygen atoms in total. The molecule has 13 heteroatoms. The van der Waals surface area contributed by atoms with E-state index in [0.29, 0.717) is 16.2 Å². The predicted octanol–water partition coefficient (Wildman–Crippen LogP) is 5.90. The summed E-state index contributed by atoms with van der Waals surface area (Å²) in [4.78, 5) is 39.3. The van der Waals surface area contributed by atoms with E-state index in [1.165, 1.54) is 27.7 Å². The normalized spacial score (nSPS) is 12.0. The number of nitro groups is 1. The Kier molecular flexibility index (Phi) is 6.51. The summed E-state index contributed by atoms with van der Waals surface area (Å²) in [6.45, 7) is 5.58. The number of nitro benzene ring substituents is 1. The van der Waals surface area contributed by atoms with E-state index >= 15 is 0 Å². The summed E-state index contributed by atoms with van der Waals surface area (Å²) in [6, 6.07) is 1.70. The maximum atomic E-state index is 13.4. The minimum Gasteiger partial charge on any atom is -0.273 e. The monoisotopic (exact) mass is 483 g/mol. The van der Waals surface area contributed by atoms with E-state index < -0.39 is 60.3 Å². The van der Waals surface area contributed by atoms with Crippen molar-refractivity contribution in [3.8, 4) is 0 Å². The maximum absolute atomic E-state index is 13.4. The SMILES string of the molecule is Cc1nc(C(F)(F)F)c(C(=O)N(C(=O)C(C)(C)C)c2c(Cl)cc([N+](=O)[O-])cc2Cl)s1. The van der Waals surface area contributed by atoms with E-state index in [1.807, 2.05) is 0 Å². The Morgan fingerprint density at radius 1 is 1.17 bits per heavy atom. The van der Waals surface area contributed by atoms with Crippen molar-refractivity contribution >= 4 is 57.7 Å². The number of non-ortho nitro benzene ring substituents is 1. The zero-order chi connectivity index (χ0) is 23.2. The van der Waals surface area contributed by atoms with Crippen molar-refractivity contribution < 1.29 is 27.7 Å². The van der Waals surface area contributed by atoms with Gasteiger partial charge in [0.15, 0.2) is 5.69 Å². The molecule has 1 aromatic carbocycles. The Morgan fingerprint density at radius 2 is 1.67 bits per heavy atom. The van der Waals surface area contributed by atoms with Crippen LogP contribution in [0.4, 0.5) is 24.5 Å². The Balaban J connectivity index is 2.78. The number of aryl methyl sites for hydroxylation is 1. The highest BCUT2D eigenvalue weighted by Gasteiger charge is 2.43. The van der Waals surface area contributed by atoms with Crippen molar-refractivity contribution in [3.63, 3.8) is 0 Å². The van der Waals surface area contributed by atoms with Crippen molar-refractivity contribution in [1.29, 1.82) is 0 Å². The number of amides is 2. The molecule has 0 N–H and O–H groups in total. The molecule has 0 fully saturated rings. The van der Waals surface area contributed by atoms with Crippen LogP contribution in [0.5, 0.6) is 0 Å². The second kappa shape index (κ2) is 8.12. The van der Waals surface area contributed by atoms with E-state index in [9.17, 15) is 32.9 Å². The van der Waals surface area contributed by atoms with Gasteiger partial charge in [-0.2, -0.15) is 13.2 Å². The largest absolute Gasteiger partial charge is 0.435 e. The minimum atomic E-state index is -4.95. The molecule has 0 spiro atoms. The number of halogens is 5. The van der Waals surface area contributed by atoms with Crippen LogP contribution in [0.25, 0.3) is 0 Å². The Morgan fingerprint density at radius 3 is 2.07 bits per heavy atom. The van der Waals surface area contributed by atoms with Crippen LogP contribution in [0.2, 0.25) is 10.0 Å². The van der Waals surface area contributed by atoms with Gasteiger partial charge in [0.1, 0.15) is 4.88 Å². The number of imide groups is 1. The van der Waals surface area contributed by atoms with Crippen LogP contribution >= 0.6 is 34.5 Å². The van der Waals surface area contributed by atoms with E-state index in [0.717, 1.165) is 12.1 Å². The Bertz CT molecular complexity index is 1020. The average Bonchev–Trinajstić information content (AvgIpc) is 2.98. The second-order valence-corrected chi connectivity index (χ2v) is 9.14. The average molecular weight is 484 g/mol. The van der Waals surface area contributed by atoms with Crippen molar-refractivity contribution in [2.24, 2.45) is 5.41 Å². The van der Waals surface area contributed by atoms with Gasteiger partial charge < -0.3 is 0 Å². The summed E-state index contributed by atoms with van der Waals surface area (Å²) < 4.78 is 40.2. The summed E-state index contributed by atoms with van der Waals surface area (Å²) in [5.41, 5.74) is -3.65. The van der Waals surface area contributed by atoms with Gasteiger partial charge in [0, 0.05) is 17.5 Å². The lowest BCUT2D eigenvalue weighted by atomic mass is 9.94. The highest BCUT2D eigenvalue weighted by atomic mass is 35.5. The third-order valence-corrected chi connectivity index (χ3v) is 5.22. The number of benzene rings is 1. The van der Waals surface area contributed by atoms with Crippen LogP contribution in [-0.2, 0) is 11.0 Å². The van der Waals surface area contributed by atoms with Gasteiger partial charge in [-0.25, -0.2) is 9.88 Å². The number of hydrogen-bond donors (Lipinski definition) is 0. The summed E-state index contributed by atoms with van der Waals surface area (Å²) in [7, 11) is 0. The Hall–Kier alpha value is -2.24. The minimum absolute atomic E-state index is 0.0465. The van der Waals surface area contributed by atoms with E-state index in [1.54, 1.807) is 0 Å². The predicted molar refractivity (Wildman–Crippen MR) is 106 cm³/mol. The van der Waals surface area contributed by atoms with Crippen LogP contribution in [0, 0.1) is 22.5 Å². The fourth-order valence-corrected chi connectivity index (χ4v) is 3.88. The molecule has 2 amide bonds. The number of rotatable bonds is 3. The number of nitrogens with zero attached hydrogens (tertiary/aromatic N) is 3. The van der Waals surface area contributed by atoms with Crippen molar-refractivity contribution in [1.82, 2.24) is 4.98 Å². The standard InChI is InChI=1S/C17H14Cl2F3N3O4S/c1-7-23-13(17(20,21)22)12(30-7)14(26)24(15(27)16(2,3)4)11-9(18)5-8(25(28)29)6-10(11)19/h5-6H,1-4H3. The molecule has 0 radical (unpaired) electrons. The first-order valence-electron chi connectivity index (χ1n) is 8.12. The first-order chi connectivity index (χ1) is 13.6. The number of thiazole rings is 1. The van der Waals surface area contributed by atoms with Crippen molar-refractivity contribution in [2.75, 3.05) is 4.90 Å². The molecular formula is C17H14Cl2F3N3O4S. The molecule has 0 unspecified atom stereocenters. The molecule has 0 aliphatic rings. The first kappa shape index (κ1) is 24.0. The molecular weight excluding hydrogens is 470 g/mol. The second-order valence-electron chi connectivity index (χ2n) is 7.12. The number of aromatic nitrogens is 1. The van der Waals surface area contributed by atoms with Gasteiger partial charge in [-0.3, -0.25) is 19.7 Å². The molecule has 0 atom stereocenters. The third kappa shape index (κ3) is 4.73. The highest BCUT2D eigenvalue weighted by Crippen LogP contribution is 2.42. The van der Waals surface area contributed by atoms with Crippen LogP contribution in [0.15, 0.2) is 12.1 Å². The van der Waals surface area contributed by atoms with Crippen molar-refractivity contribution in [2.45, 2.75) is 33.9 Å². The molecule has 0 saturated carbocycles. The van der Waals surface area contributed by atoms with Gasteiger partial charge in [-0.1, -0.05) is 44.0 Å². The van der Waals surface area contributed by atoms with Gasteiger partial charge >= 0.3 is 6.18 Å². The number of alkyl halides is 3. The maximum Gasteiger partial charge on any atom is 0.435 e. The molecule has 2 aromatic rings. The number of hydrogen-bond acceptors (Lipinski definition) is 6. The molecule has 0 aliphatic carbocycles. The molecule has 1 aromatic heterocycles. The lowest BCUT2D eigenvalue weighted by Crippen LogP contribution is -2.44. The third-order valence-electron chi connectivity index (χ3n) is 3.68. The topological polar surface area (TPSA) is 93.4 Å². The fourth-order valence-electron chi connectivity index (χ4n) is 2.37. The Labute approximate surface area is 182 Å². The van der Waals surface area contributed by atoms with Gasteiger partial charge in [-0.15, -0.1) is 11.3 Å². The number of carbonyl (C=O) groups excluding carboxylic acids is 2. The van der Waals surface area contributed by atoms with Gasteiger partial charge in [0.25, 0.3) is 11.6 Å². The lowest BCUT2D eigenvalue weighted by Gasteiger charge is -2.29. The molecule has 1 heterocycles. The van der Waals surface area contributed by atoms with Gasteiger partial charge in [0.2, 0.25) is 5.91 Å². The number of anilines is 1. The van der Waals surface area contributed by atoms with E-state index in [2.05, 4.69) is 4.98 Å². The van der Waals surface area contributed by atoms with Crippen LogP contribution < -0.4 is 4.90 Å². The smallest absolute Gasteiger partial charge is 0.273 e. The molecule has 0 bridgehead atoms. The summed E-state index contributed by atoms with van der Waals surface area (Å²) in [5.74, 6) is -2.25. The highest BCUT2D eigenvalue weighted by molar-refractivity contribution is 7.14. The first-order valence-corrected chi connectivity index (χ1v) is 9.70. The zero-order valence-electron chi connectivity index (χ0n) is 15.9. The molecule has 2 rings (SSSR count). The summed E-state index contributed by atoms with van der Waals surface area (Å²) >= 11 is 12.6. The zero-order valence-corrected chi connectivity index (χ0v) is 18.3. The van der Waals surface area contributed by atoms with Crippen LogP contribution in [0.3, 0.4) is 0 Å². The molecule has 0 aliphatic heterocycles. The quantitative estimate of drug-likeness (QED) is 0.399. The van der Waals surface area contributed by atoms with Crippen LogP contribution in [0.1, 0.15) is 41.1 Å². The van der Waals surface area contributed by atoms with E-state index in [-0.39, 0.29) is 5.01 Å². The van der Waals surface area contributed by atoms with E-state index in [4.69, 9.17) is 23.2 Å². The summed E-state index contributed by atoms with van der Waals surface area (Å²) in [6.07, 6.45) is -4.95. The van der Waals surface area contributed by atoms with Crippen molar-refractivity contribution in [3.05, 3.63) is 47.9 Å². The molecule has 162 valence electrons. The number of carbonyl (C=O) groups is 2. The van der Waals surface area contributed by atoms with Gasteiger partial charge in [0.05, 0.1) is 25.7 Å². The molecule has 0 saturated heterocycles. The summed E-state index contributed by atoms with van der Waals surface area (Å²) in [5, 5.41) is 10.1. The fraction of sp³-hybridized carbons (Fsp3) is 0.353. The van der Waals surface area contributed by atoms with Crippen LogP contribution in [-0.4, -0.2) is 21.7 Å².